The van der Waals surface area contributed by atoms with Gasteiger partial charge in [0, 0.05) is 32.9 Å². The molecule has 0 heterocycles. The van der Waals surface area contributed by atoms with Crippen molar-refractivity contribution in [1.29, 1.82) is 0 Å². The van der Waals surface area contributed by atoms with E-state index in [0.717, 1.165) is 12.8 Å². The summed E-state index contributed by atoms with van der Waals surface area (Å²) in [6.07, 6.45) is 1.62. The van der Waals surface area contributed by atoms with Crippen LogP contribution in [0.25, 0.3) is 0 Å². The van der Waals surface area contributed by atoms with E-state index in [4.69, 9.17) is 24.7 Å². The summed E-state index contributed by atoms with van der Waals surface area (Å²) in [4.78, 5) is 0. The van der Waals surface area contributed by atoms with Crippen molar-refractivity contribution >= 4 is 8.80 Å². The highest BCUT2D eigenvalue weighted by Gasteiger charge is 2.49. The van der Waals surface area contributed by atoms with Crippen molar-refractivity contribution in [2.45, 2.75) is 31.3 Å². The average Bonchev–Trinajstić information content (AvgIpc) is 2.29. The van der Waals surface area contributed by atoms with Crippen molar-refractivity contribution in [3.63, 3.8) is 0 Å². The molecule has 0 amide bonds. The van der Waals surface area contributed by atoms with Gasteiger partial charge in [0.05, 0.1) is 0 Å². The summed E-state index contributed by atoms with van der Waals surface area (Å²) in [5, 5.41) is 0. The van der Waals surface area contributed by atoms with Gasteiger partial charge in [-0.25, -0.2) is 0 Å². The van der Waals surface area contributed by atoms with Crippen LogP contribution in [0, 0.1) is 0 Å². The minimum absolute atomic E-state index is 0.0000617. The molecule has 0 aromatic rings. The third kappa shape index (κ3) is 3.51. The Morgan fingerprint density at radius 2 is 1.60 bits per heavy atom. The van der Waals surface area contributed by atoms with E-state index >= 15 is 0 Å². The monoisotopic (exact) mass is 236 g/mol. The second kappa shape index (κ2) is 7.32. The molecule has 6 heteroatoms. The van der Waals surface area contributed by atoms with Gasteiger partial charge in [-0.3, -0.25) is 0 Å². The lowest BCUT2D eigenvalue weighted by atomic mass is 10.1. The molecule has 0 fully saturated rings. The third-order valence-corrected chi connectivity index (χ3v) is 6.11. The van der Waals surface area contributed by atoms with Gasteiger partial charge in [-0.15, -0.1) is 0 Å². The second-order valence-electron chi connectivity index (χ2n) is 3.47. The minimum Gasteiger partial charge on any atom is -0.377 e. The Morgan fingerprint density at radius 3 is 1.87 bits per heavy atom. The van der Waals surface area contributed by atoms with Crippen LogP contribution in [0.1, 0.15) is 19.8 Å². The molecule has 92 valence electrons. The van der Waals surface area contributed by atoms with Gasteiger partial charge in [-0.05, 0) is 19.4 Å². The fraction of sp³-hybridized carbons (Fsp3) is 1.00. The summed E-state index contributed by atoms with van der Waals surface area (Å²) < 4.78 is 16.3. The zero-order chi connectivity index (χ0) is 11.9. The number of rotatable bonds is 8. The third-order valence-electron chi connectivity index (χ3n) is 2.77. The first kappa shape index (κ1) is 15.0. The van der Waals surface area contributed by atoms with E-state index in [2.05, 4.69) is 0 Å². The zero-order valence-corrected chi connectivity index (χ0v) is 11.2. The molecule has 15 heavy (non-hydrogen) atoms. The highest BCUT2D eigenvalue weighted by Crippen LogP contribution is 2.30. The zero-order valence-electron chi connectivity index (χ0n) is 10.2. The molecule has 0 saturated heterocycles. The van der Waals surface area contributed by atoms with Gasteiger partial charge in [0.1, 0.15) is 0 Å². The predicted molar refractivity (Wildman–Crippen MR) is 62.5 cm³/mol. The SMILES string of the molecule is CCC(N)C(CCN)[Si](OC)(OC)OC. The molecule has 0 aromatic carbocycles. The van der Waals surface area contributed by atoms with E-state index in [0.29, 0.717) is 6.54 Å². The molecule has 4 N–H and O–H groups in total. The van der Waals surface area contributed by atoms with Crippen molar-refractivity contribution in [2.24, 2.45) is 11.5 Å². The molecule has 0 bridgehead atoms. The van der Waals surface area contributed by atoms with E-state index in [1.165, 1.54) is 0 Å². The Hall–Kier alpha value is 0.0169. The Kier molecular flexibility index (Phi) is 7.32. The van der Waals surface area contributed by atoms with Crippen LogP contribution in [0.5, 0.6) is 0 Å². The Labute approximate surface area is 93.4 Å². The van der Waals surface area contributed by atoms with Gasteiger partial charge in [0.25, 0.3) is 0 Å². The van der Waals surface area contributed by atoms with E-state index < -0.39 is 8.80 Å². The molecule has 0 aliphatic heterocycles. The van der Waals surface area contributed by atoms with E-state index in [1.54, 1.807) is 21.3 Å². The quantitative estimate of drug-likeness (QED) is 0.593. The standard InChI is InChI=1S/C9H24N2O3Si/c1-5-8(11)9(6-7-10)15(12-2,13-3)14-4/h8-9H,5-7,10-11H2,1-4H3. The van der Waals surface area contributed by atoms with Crippen molar-refractivity contribution < 1.29 is 13.3 Å². The van der Waals surface area contributed by atoms with Crippen LogP contribution in [0.2, 0.25) is 5.54 Å². The van der Waals surface area contributed by atoms with Crippen LogP contribution in [-0.2, 0) is 13.3 Å². The maximum Gasteiger partial charge on any atom is 0.505 e. The predicted octanol–water partition coefficient (Wildman–Crippen LogP) is 0.321. The summed E-state index contributed by atoms with van der Waals surface area (Å²) in [5.74, 6) is 0. The summed E-state index contributed by atoms with van der Waals surface area (Å²) in [6, 6.07) is 0.0000617. The summed E-state index contributed by atoms with van der Waals surface area (Å²) in [7, 11) is 2.15. The van der Waals surface area contributed by atoms with Crippen LogP contribution < -0.4 is 11.5 Å². The van der Waals surface area contributed by atoms with Gasteiger partial charge in [-0.2, -0.15) is 0 Å². The molecule has 0 aromatic heterocycles. The normalized spacial score (nSPS) is 16.4. The lowest BCUT2D eigenvalue weighted by Gasteiger charge is -2.35. The van der Waals surface area contributed by atoms with Gasteiger partial charge >= 0.3 is 8.80 Å². The molecule has 5 nitrogen and oxygen atoms in total. The van der Waals surface area contributed by atoms with E-state index in [1.807, 2.05) is 6.92 Å². The molecule has 2 unspecified atom stereocenters. The van der Waals surface area contributed by atoms with Crippen LogP contribution in [0.3, 0.4) is 0 Å². The first-order chi connectivity index (χ1) is 7.11. The van der Waals surface area contributed by atoms with Crippen LogP contribution >= 0.6 is 0 Å². The molecule has 0 spiro atoms. The van der Waals surface area contributed by atoms with Crippen molar-refractivity contribution in [1.82, 2.24) is 0 Å². The average molecular weight is 236 g/mol. The largest absolute Gasteiger partial charge is 0.505 e. The maximum absolute atomic E-state index is 6.06. The Balaban J connectivity index is 4.81. The van der Waals surface area contributed by atoms with Gasteiger partial charge in [0.15, 0.2) is 0 Å². The molecule has 0 saturated carbocycles. The molecule has 0 aliphatic rings. The van der Waals surface area contributed by atoms with E-state index in [-0.39, 0.29) is 11.6 Å². The fourth-order valence-electron chi connectivity index (χ4n) is 1.82. The van der Waals surface area contributed by atoms with Gasteiger partial charge in [-0.1, -0.05) is 6.92 Å². The number of nitrogens with two attached hydrogens (primary N) is 2. The smallest absolute Gasteiger partial charge is 0.377 e. The maximum atomic E-state index is 6.06. The highest BCUT2D eigenvalue weighted by molar-refractivity contribution is 6.62. The van der Waals surface area contributed by atoms with Crippen molar-refractivity contribution in [3.05, 3.63) is 0 Å². The summed E-state index contributed by atoms with van der Waals surface area (Å²) in [5.41, 5.74) is 11.7. The minimum atomic E-state index is -2.66. The van der Waals surface area contributed by atoms with Crippen molar-refractivity contribution in [3.8, 4) is 0 Å². The molecule has 0 radical (unpaired) electrons. The topological polar surface area (TPSA) is 79.7 Å². The fourth-order valence-corrected chi connectivity index (χ4v) is 4.51. The Bertz CT molecular complexity index is 159. The molecular weight excluding hydrogens is 212 g/mol. The number of hydrogen-bond donors (Lipinski definition) is 2. The Morgan fingerprint density at radius 1 is 1.13 bits per heavy atom. The van der Waals surface area contributed by atoms with Gasteiger partial charge < -0.3 is 24.7 Å². The van der Waals surface area contributed by atoms with E-state index in [9.17, 15) is 0 Å². The summed E-state index contributed by atoms with van der Waals surface area (Å²) >= 11 is 0. The first-order valence-corrected chi connectivity index (χ1v) is 7.03. The lowest BCUT2D eigenvalue weighted by molar-refractivity contribution is 0.105. The molecule has 0 rings (SSSR count). The van der Waals surface area contributed by atoms with Crippen LogP contribution in [0.4, 0.5) is 0 Å². The second-order valence-corrected chi connectivity index (χ2v) is 6.65. The molecule has 0 aliphatic carbocycles. The molecule has 2 atom stereocenters. The molecular formula is C9H24N2O3Si. The van der Waals surface area contributed by atoms with Crippen LogP contribution in [0.15, 0.2) is 0 Å². The first-order valence-electron chi connectivity index (χ1n) is 5.22. The highest BCUT2D eigenvalue weighted by atomic mass is 28.4. The van der Waals surface area contributed by atoms with Crippen molar-refractivity contribution in [2.75, 3.05) is 27.9 Å². The van der Waals surface area contributed by atoms with Crippen LogP contribution in [-0.4, -0.2) is 42.7 Å². The lowest BCUT2D eigenvalue weighted by Crippen LogP contribution is -2.53. The van der Waals surface area contributed by atoms with Gasteiger partial charge in [0.2, 0.25) is 0 Å². The summed E-state index contributed by atoms with van der Waals surface area (Å²) in [6.45, 7) is 2.59. The number of hydrogen-bond acceptors (Lipinski definition) is 5.